The van der Waals surface area contributed by atoms with Gasteiger partial charge in [-0.2, -0.15) is 0 Å². The molecule has 28 heavy (non-hydrogen) atoms. The van der Waals surface area contributed by atoms with Crippen LogP contribution in [0, 0.1) is 10.8 Å². The summed E-state index contributed by atoms with van der Waals surface area (Å²) in [7, 11) is 0. The Labute approximate surface area is 172 Å². The maximum Gasteiger partial charge on any atom is 0.339 e. The van der Waals surface area contributed by atoms with Gasteiger partial charge in [0.2, 0.25) is 0 Å². The summed E-state index contributed by atoms with van der Waals surface area (Å²) in [5.74, 6) is -0.251. The number of allylic oxidation sites excluding steroid dienone is 2. The van der Waals surface area contributed by atoms with E-state index in [1.54, 1.807) is 0 Å². The molecular formula is C24H41NO3. The minimum atomic E-state index is -0.626. The predicted molar refractivity (Wildman–Crippen MR) is 115 cm³/mol. The molecule has 0 radical (unpaired) electrons. The van der Waals surface area contributed by atoms with Crippen LogP contribution in [0.2, 0.25) is 0 Å². The number of hydrogen-bond donors (Lipinski definition) is 0. The number of unbranched alkanes of at least 4 members (excludes halogenated alkanes) is 1. The lowest BCUT2D eigenvalue weighted by Crippen LogP contribution is -2.43. The second-order valence-electron chi connectivity index (χ2n) is 10.0. The molecule has 0 aromatic carbocycles. The van der Waals surface area contributed by atoms with Gasteiger partial charge in [-0.15, -0.1) is 0 Å². The van der Waals surface area contributed by atoms with E-state index < -0.39 is 6.10 Å². The minimum Gasteiger partial charge on any atom is -0.461 e. The Morgan fingerprint density at radius 1 is 1.18 bits per heavy atom. The summed E-state index contributed by atoms with van der Waals surface area (Å²) in [6.45, 7) is 17.7. The molecule has 160 valence electrons. The highest BCUT2D eigenvalue weighted by atomic mass is 16.6. The summed E-state index contributed by atoms with van der Waals surface area (Å²) in [5, 5.41) is 0. The molecule has 0 saturated carbocycles. The van der Waals surface area contributed by atoms with Crippen LogP contribution in [0.3, 0.4) is 0 Å². The molecule has 0 bridgehead atoms. The van der Waals surface area contributed by atoms with Crippen molar-refractivity contribution in [3.05, 3.63) is 23.4 Å². The zero-order valence-corrected chi connectivity index (χ0v) is 19.1. The van der Waals surface area contributed by atoms with Crippen molar-refractivity contribution in [3.63, 3.8) is 0 Å². The molecule has 4 heteroatoms. The van der Waals surface area contributed by atoms with Crippen LogP contribution in [0.1, 0.15) is 80.6 Å². The van der Waals surface area contributed by atoms with E-state index >= 15 is 0 Å². The van der Waals surface area contributed by atoms with Gasteiger partial charge in [0.1, 0.15) is 0 Å². The van der Waals surface area contributed by atoms with Crippen LogP contribution in [-0.2, 0) is 14.3 Å². The first-order chi connectivity index (χ1) is 13.1. The molecule has 0 aromatic rings. The lowest BCUT2D eigenvalue weighted by atomic mass is 9.73. The lowest BCUT2D eigenvalue weighted by molar-refractivity contribution is -0.159. The van der Waals surface area contributed by atoms with Gasteiger partial charge in [0.15, 0.2) is 6.10 Å². The summed E-state index contributed by atoms with van der Waals surface area (Å²) >= 11 is 0. The molecule has 1 atom stereocenters. The topological polar surface area (TPSA) is 38.8 Å². The molecular weight excluding hydrogens is 350 g/mol. The number of ether oxygens (including phenoxy) is 2. The SMILES string of the molecule is CCCCO[C@H](C(=O)OC(C)C)C1=C(N2CCC(C)(C)CC2)C=CCC1(C)C. The van der Waals surface area contributed by atoms with Gasteiger partial charge in [-0.1, -0.05) is 47.1 Å². The van der Waals surface area contributed by atoms with Crippen molar-refractivity contribution < 1.29 is 14.3 Å². The smallest absolute Gasteiger partial charge is 0.339 e. The first-order valence-electron chi connectivity index (χ1n) is 11.1. The van der Waals surface area contributed by atoms with Crippen molar-refractivity contribution in [2.24, 2.45) is 10.8 Å². The average molecular weight is 392 g/mol. The molecule has 0 aromatic heterocycles. The summed E-state index contributed by atoms with van der Waals surface area (Å²) in [6, 6.07) is 0. The summed E-state index contributed by atoms with van der Waals surface area (Å²) in [4.78, 5) is 15.5. The Morgan fingerprint density at radius 3 is 2.39 bits per heavy atom. The van der Waals surface area contributed by atoms with Crippen molar-refractivity contribution in [2.45, 2.75) is 92.8 Å². The molecule has 0 unspecified atom stereocenters. The van der Waals surface area contributed by atoms with Gasteiger partial charge in [-0.05, 0) is 62.0 Å². The zero-order chi connectivity index (χ0) is 20.9. The molecule has 2 aliphatic rings. The fourth-order valence-electron chi connectivity index (χ4n) is 4.04. The average Bonchev–Trinajstić information content (AvgIpc) is 2.58. The van der Waals surface area contributed by atoms with E-state index in [1.165, 1.54) is 5.70 Å². The molecule has 0 spiro atoms. The van der Waals surface area contributed by atoms with Gasteiger partial charge in [0.05, 0.1) is 6.10 Å². The molecule has 1 saturated heterocycles. The van der Waals surface area contributed by atoms with Crippen LogP contribution in [0.5, 0.6) is 0 Å². The van der Waals surface area contributed by atoms with Crippen molar-refractivity contribution in [1.82, 2.24) is 4.90 Å². The van der Waals surface area contributed by atoms with Crippen molar-refractivity contribution in [2.75, 3.05) is 19.7 Å². The van der Waals surface area contributed by atoms with E-state index in [2.05, 4.69) is 51.7 Å². The maximum absolute atomic E-state index is 13.0. The van der Waals surface area contributed by atoms with Crippen LogP contribution in [0.25, 0.3) is 0 Å². The van der Waals surface area contributed by atoms with E-state index in [-0.39, 0.29) is 17.5 Å². The number of esters is 1. The van der Waals surface area contributed by atoms with Gasteiger partial charge in [0, 0.05) is 25.4 Å². The van der Waals surface area contributed by atoms with Gasteiger partial charge < -0.3 is 14.4 Å². The summed E-state index contributed by atoms with van der Waals surface area (Å²) in [5.41, 5.74) is 2.52. The van der Waals surface area contributed by atoms with Crippen LogP contribution < -0.4 is 0 Å². The highest BCUT2D eigenvalue weighted by molar-refractivity contribution is 5.79. The molecule has 2 rings (SSSR count). The molecule has 1 aliphatic carbocycles. The predicted octanol–water partition coefficient (Wildman–Crippen LogP) is 5.49. The molecule has 1 fully saturated rings. The Balaban J connectivity index is 2.40. The number of carbonyl (C=O) groups is 1. The molecule has 4 nitrogen and oxygen atoms in total. The third-order valence-corrected chi connectivity index (χ3v) is 5.98. The van der Waals surface area contributed by atoms with Gasteiger partial charge in [-0.25, -0.2) is 4.79 Å². The summed E-state index contributed by atoms with van der Waals surface area (Å²) < 4.78 is 11.8. The molecule has 1 aliphatic heterocycles. The maximum atomic E-state index is 13.0. The number of piperidine rings is 1. The molecule has 0 N–H and O–H groups in total. The Bertz CT molecular complexity index is 591. The molecule has 1 heterocycles. The Kier molecular flexibility index (Phi) is 7.78. The minimum absolute atomic E-state index is 0.135. The van der Waals surface area contributed by atoms with E-state index in [0.717, 1.165) is 50.8 Å². The zero-order valence-electron chi connectivity index (χ0n) is 19.1. The third-order valence-electron chi connectivity index (χ3n) is 5.98. The van der Waals surface area contributed by atoms with Crippen molar-refractivity contribution >= 4 is 5.97 Å². The number of hydrogen-bond acceptors (Lipinski definition) is 4. The van der Waals surface area contributed by atoms with E-state index in [1.807, 2.05) is 13.8 Å². The fourth-order valence-corrected chi connectivity index (χ4v) is 4.04. The normalized spacial score (nSPS) is 22.5. The third kappa shape index (κ3) is 5.85. The molecule has 0 amide bonds. The van der Waals surface area contributed by atoms with Gasteiger partial charge in [-0.3, -0.25) is 0 Å². The van der Waals surface area contributed by atoms with E-state index in [9.17, 15) is 4.79 Å². The quantitative estimate of drug-likeness (QED) is 0.405. The van der Waals surface area contributed by atoms with Crippen LogP contribution >= 0.6 is 0 Å². The van der Waals surface area contributed by atoms with Gasteiger partial charge in [0.25, 0.3) is 0 Å². The van der Waals surface area contributed by atoms with Crippen molar-refractivity contribution in [3.8, 4) is 0 Å². The summed E-state index contributed by atoms with van der Waals surface area (Å²) in [6.07, 6.45) is 8.91. The van der Waals surface area contributed by atoms with Gasteiger partial charge >= 0.3 is 5.97 Å². The second-order valence-corrected chi connectivity index (χ2v) is 10.0. The standard InChI is InChI=1S/C24H41NO3/c1-8-9-17-27-21(22(26)28-18(2)3)20-19(11-10-12-24(20,6)7)25-15-13-23(4,5)14-16-25/h10-11,18,21H,8-9,12-17H2,1-7H3/t21-/m0/s1. The van der Waals surface area contributed by atoms with E-state index in [4.69, 9.17) is 9.47 Å². The largest absolute Gasteiger partial charge is 0.461 e. The first-order valence-corrected chi connectivity index (χ1v) is 11.1. The van der Waals surface area contributed by atoms with Crippen LogP contribution in [0.4, 0.5) is 0 Å². The fraction of sp³-hybridized carbons (Fsp3) is 0.792. The number of rotatable bonds is 8. The van der Waals surface area contributed by atoms with Crippen molar-refractivity contribution in [1.29, 1.82) is 0 Å². The first kappa shape index (κ1) is 23.0. The number of carbonyl (C=O) groups excluding carboxylic acids is 1. The Hall–Kier alpha value is -1.29. The van der Waals surface area contributed by atoms with Crippen LogP contribution in [-0.4, -0.2) is 42.8 Å². The highest BCUT2D eigenvalue weighted by Gasteiger charge is 2.40. The Morgan fingerprint density at radius 2 is 1.82 bits per heavy atom. The van der Waals surface area contributed by atoms with Crippen LogP contribution in [0.15, 0.2) is 23.4 Å². The lowest BCUT2D eigenvalue weighted by Gasteiger charge is -2.44. The van der Waals surface area contributed by atoms with E-state index in [0.29, 0.717) is 12.0 Å². The monoisotopic (exact) mass is 391 g/mol. The second kappa shape index (κ2) is 9.47. The number of likely N-dealkylation sites (tertiary alicyclic amines) is 1. The highest BCUT2D eigenvalue weighted by Crippen LogP contribution is 2.43. The number of nitrogens with zero attached hydrogens (tertiary/aromatic N) is 1.